The molecule has 0 saturated heterocycles. The lowest BCUT2D eigenvalue weighted by atomic mass is 9.95. The molecule has 2 N–H and O–H groups in total. The Morgan fingerprint density at radius 1 is 1.12 bits per heavy atom. The van der Waals surface area contributed by atoms with Crippen molar-refractivity contribution in [3.8, 4) is 0 Å². The third-order valence-electron chi connectivity index (χ3n) is 2.85. The number of amidine groups is 1. The molecule has 84 valence electrons. The fraction of sp³-hybridized carbons (Fsp3) is 0.385. The molecule has 1 aliphatic rings. The Labute approximate surface area is 96.1 Å². The van der Waals surface area contributed by atoms with Crippen LogP contribution in [-0.4, -0.2) is 11.5 Å². The molecule has 2 rings (SSSR count). The van der Waals surface area contributed by atoms with E-state index >= 15 is 0 Å². The quantitative estimate of drug-likeness (QED) is 0.768. The monoisotopic (exact) mass is 215 g/mol. The van der Waals surface area contributed by atoms with E-state index in [1.54, 1.807) is 0 Å². The van der Waals surface area contributed by atoms with E-state index in [2.05, 4.69) is 49.2 Å². The normalized spacial score (nSPS) is 20.3. The molecule has 16 heavy (non-hydrogen) atoms. The molecule has 1 atom stereocenters. The molecule has 0 aliphatic carbocycles. The highest BCUT2D eigenvalue weighted by Crippen LogP contribution is 2.18. The van der Waals surface area contributed by atoms with Gasteiger partial charge in [0, 0.05) is 12.3 Å². The molecular formula is C13H17N3. The summed E-state index contributed by atoms with van der Waals surface area (Å²) in [5.41, 5.74) is 10.4. The van der Waals surface area contributed by atoms with Gasteiger partial charge in [0.1, 0.15) is 5.84 Å². The molecule has 0 fully saturated rings. The molecule has 1 unspecified atom stereocenters. The second-order valence-electron chi connectivity index (χ2n) is 4.55. The van der Waals surface area contributed by atoms with E-state index in [1.807, 2.05) is 0 Å². The van der Waals surface area contributed by atoms with Gasteiger partial charge in [0.2, 0.25) is 0 Å². The SMILES string of the molecule is Cc1cc(C)cc(C2=NN=C(N)C(C)C2)c1. The van der Waals surface area contributed by atoms with Gasteiger partial charge in [0.15, 0.2) is 0 Å². The van der Waals surface area contributed by atoms with E-state index in [4.69, 9.17) is 5.73 Å². The maximum atomic E-state index is 5.72. The van der Waals surface area contributed by atoms with Crippen LogP contribution in [0.3, 0.4) is 0 Å². The van der Waals surface area contributed by atoms with E-state index in [0.717, 1.165) is 12.1 Å². The largest absolute Gasteiger partial charge is 0.385 e. The van der Waals surface area contributed by atoms with E-state index in [9.17, 15) is 0 Å². The second-order valence-corrected chi connectivity index (χ2v) is 4.55. The highest BCUT2D eigenvalue weighted by atomic mass is 15.2. The Bertz CT molecular complexity index is 452. The maximum Gasteiger partial charge on any atom is 0.125 e. The minimum absolute atomic E-state index is 0.285. The van der Waals surface area contributed by atoms with Gasteiger partial charge in [-0.25, -0.2) is 0 Å². The van der Waals surface area contributed by atoms with Gasteiger partial charge in [0.25, 0.3) is 0 Å². The Morgan fingerprint density at radius 3 is 2.31 bits per heavy atom. The molecule has 0 saturated carbocycles. The van der Waals surface area contributed by atoms with Gasteiger partial charge in [-0.3, -0.25) is 0 Å². The van der Waals surface area contributed by atoms with Gasteiger partial charge in [0.05, 0.1) is 5.71 Å². The molecule has 0 aromatic heterocycles. The average Bonchev–Trinajstić information content (AvgIpc) is 2.20. The van der Waals surface area contributed by atoms with Crippen LogP contribution in [0.2, 0.25) is 0 Å². The van der Waals surface area contributed by atoms with E-state index in [0.29, 0.717) is 5.84 Å². The third kappa shape index (κ3) is 2.13. The summed E-state index contributed by atoms with van der Waals surface area (Å²) in [6.45, 7) is 6.28. The molecule has 0 radical (unpaired) electrons. The van der Waals surface area contributed by atoms with Gasteiger partial charge in [-0.2, -0.15) is 5.10 Å². The lowest BCUT2D eigenvalue weighted by Crippen LogP contribution is -2.26. The van der Waals surface area contributed by atoms with Gasteiger partial charge in [-0.1, -0.05) is 36.2 Å². The van der Waals surface area contributed by atoms with E-state index in [1.165, 1.54) is 16.7 Å². The van der Waals surface area contributed by atoms with Crippen molar-refractivity contribution in [2.24, 2.45) is 21.9 Å². The standard InChI is InChI=1S/C13H17N3/c1-8-4-9(2)6-11(5-8)12-7-10(3)13(14)16-15-12/h4-6,10H,7H2,1-3H3,(H2,14,16). The lowest BCUT2D eigenvalue weighted by Gasteiger charge is -2.16. The first-order valence-corrected chi connectivity index (χ1v) is 5.55. The second kappa shape index (κ2) is 4.08. The fourth-order valence-corrected chi connectivity index (χ4v) is 1.97. The van der Waals surface area contributed by atoms with Crippen LogP contribution in [0.5, 0.6) is 0 Å². The number of hydrogen-bond donors (Lipinski definition) is 1. The van der Waals surface area contributed by atoms with Crippen molar-refractivity contribution in [3.05, 3.63) is 34.9 Å². The fourth-order valence-electron chi connectivity index (χ4n) is 1.97. The van der Waals surface area contributed by atoms with Crippen molar-refractivity contribution < 1.29 is 0 Å². The Balaban J connectivity index is 2.38. The zero-order chi connectivity index (χ0) is 11.7. The smallest absolute Gasteiger partial charge is 0.125 e. The molecule has 1 aromatic rings. The van der Waals surface area contributed by atoms with Crippen molar-refractivity contribution in [2.75, 3.05) is 0 Å². The lowest BCUT2D eigenvalue weighted by molar-refractivity contribution is 0.779. The zero-order valence-electron chi connectivity index (χ0n) is 9.99. The van der Waals surface area contributed by atoms with Gasteiger partial charge in [-0.15, -0.1) is 5.10 Å². The zero-order valence-corrected chi connectivity index (χ0v) is 9.99. The molecule has 0 spiro atoms. The first-order chi connectivity index (χ1) is 7.56. The van der Waals surface area contributed by atoms with Crippen molar-refractivity contribution in [3.63, 3.8) is 0 Å². The predicted molar refractivity (Wildman–Crippen MR) is 67.9 cm³/mol. The summed E-state index contributed by atoms with van der Waals surface area (Å²) in [7, 11) is 0. The maximum absolute atomic E-state index is 5.72. The number of nitrogens with zero attached hydrogens (tertiary/aromatic N) is 2. The first kappa shape index (κ1) is 10.9. The number of aryl methyl sites for hydroxylation is 2. The van der Waals surface area contributed by atoms with E-state index in [-0.39, 0.29) is 5.92 Å². The van der Waals surface area contributed by atoms with Crippen LogP contribution in [0.25, 0.3) is 0 Å². The summed E-state index contributed by atoms with van der Waals surface area (Å²) in [6.07, 6.45) is 0.873. The van der Waals surface area contributed by atoms with Crippen LogP contribution in [0.4, 0.5) is 0 Å². The molecule has 1 heterocycles. The summed E-state index contributed by atoms with van der Waals surface area (Å²) in [4.78, 5) is 0. The molecular weight excluding hydrogens is 198 g/mol. The van der Waals surface area contributed by atoms with Crippen molar-refractivity contribution in [1.29, 1.82) is 0 Å². The number of nitrogens with two attached hydrogens (primary N) is 1. The number of rotatable bonds is 1. The highest BCUT2D eigenvalue weighted by Gasteiger charge is 2.17. The van der Waals surface area contributed by atoms with Crippen LogP contribution in [0.15, 0.2) is 28.4 Å². The summed E-state index contributed by atoms with van der Waals surface area (Å²) in [6, 6.07) is 6.46. The third-order valence-corrected chi connectivity index (χ3v) is 2.85. The molecule has 0 amide bonds. The van der Waals surface area contributed by atoms with Gasteiger partial charge in [-0.05, 0) is 19.4 Å². The molecule has 0 bridgehead atoms. The van der Waals surface area contributed by atoms with Crippen LogP contribution in [0.1, 0.15) is 30.0 Å². The van der Waals surface area contributed by atoms with Crippen molar-refractivity contribution >= 4 is 11.5 Å². The Hall–Kier alpha value is -1.64. The minimum atomic E-state index is 0.285. The molecule has 1 aromatic carbocycles. The van der Waals surface area contributed by atoms with Crippen molar-refractivity contribution in [1.82, 2.24) is 0 Å². The first-order valence-electron chi connectivity index (χ1n) is 5.55. The highest BCUT2D eigenvalue weighted by molar-refractivity contribution is 6.05. The summed E-state index contributed by atoms with van der Waals surface area (Å²) in [5.74, 6) is 0.918. The molecule has 3 heteroatoms. The van der Waals surface area contributed by atoms with Crippen molar-refractivity contribution in [2.45, 2.75) is 27.2 Å². The summed E-state index contributed by atoms with van der Waals surface area (Å²) >= 11 is 0. The average molecular weight is 215 g/mol. The van der Waals surface area contributed by atoms with Crippen LogP contribution in [-0.2, 0) is 0 Å². The van der Waals surface area contributed by atoms with E-state index < -0.39 is 0 Å². The molecule has 3 nitrogen and oxygen atoms in total. The predicted octanol–water partition coefficient (Wildman–Crippen LogP) is 2.40. The van der Waals surface area contributed by atoms with Gasteiger partial charge < -0.3 is 5.73 Å². The number of hydrogen-bond acceptors (Lipinski definition) is 3. The topological polar surface area (TPSA) is 50.7 Å². The Morgan fingerprint density at radius 2 is 1.75 bits per heavy atom. The van der Waals surface area contributed by atoms with Crippen LogP contribution >= 0.6 is 0 Å². The van der Waals surface area contributed by atoms with Crippen LogP contribution < -0.4 is 5.73 Å². The molecule has 1 aliphatic heterocycles. The summed E-state index contributed by atoms with van der Waals surface area (Å²) < 4.78 is 0. The van der Waals surface area contributed by atoms with Crippen LogP contribution in [0, 0.1) is 19.8 Å². The Kier molecular flexibility index (Phi) is 2.77. The minimum Gasteiger partial charge on any atom is -0.385 e. The summed E-state index contributed by atoms with van der Waals surface area (Å²) in [5, 5.41) is 8.20. The number of benzene rings is 1. The van der Waals surface area contributed by atoms with Gasteiger partial charge >= 0.3 is 0 Å².